The van der Waals surface area contributed by atoms with E-state index in [1.807, 2.05) is 36.4 Å². The van der Waals surface area contributed by atoms with Crippen LogP contribution < -0.4 is 9.47 Å². The van der Waals surface area contributed by atoms with Crippen LogP contribution in [0.15, 0.2) is 53.8 Å². The monoisotopic (exact) mass is 509 g/mol. The summed E-state index contributed by atoms with van der Waals surface area (Å²) >= 11 is 6.34. The SMILES string of the molecule is COc1ccc(CCN2C(=O)C3=C(C(=O)C4CC(C)CC(C)C4O3)C2c2cccc(Cl)c2)cc1OC. The molecule has 2 aromatic carbocycles. The summed E-state index contributed by atoms with van der Waals surface area (Å²) < 4.78 is 17.2. The molecule has 3 aliphatic rings. The van der Waals surface area contributed by atoms with E-state index < -0.39 is 6.04 Å². The zero-order valence-electron chi connectivity index (χ0n) is 21.1. The molecule has 2 aromatic rings. The van der Waals surface area contributed by atoms with Crippen LogP contribution in [0.4, 0.5) is 0 Å². The Labute approximate surface area is 217 Å². The number of carbonyl (C=O) groups excluding carboxylic acids is 2. The molecule has 5 unspecified atom stereocenters. The predicted octanol–water partition coefficient (Wildman–Crippen LogP) is 5.39. The van der Waals surface area contributed by atoms with Crippen molar-refractivity contribution in [2.45, 2.75) is 45.3 Å². The first-order valence-corrected chi connectivity index (χ1v) is 12.9. The van der Waals surface area contributed by atoms with Gasteiger partial charge in [-0.1, -0.05) is 43.6 Å². The van der Waals surface area contributed by atoms with Gasteiger partial charge < -0.3 is 19.1 Å². The number of benzene rings is 2. The van der Waals surface area contributed by atoms with Crippen LogP contribution in [0, 0.1) is 17.8 Å². The summed E-state index contributed by atoms with van der Waals surface area (Å²) in [6, 6.07) is 12.6. The Balaban J connectivity index is 1.50. The molecule has 6 nitrogen and oxygen atoms in total. The van der Waals surface area contributed by atoms with Crippen LogP contribution in [0.3, 0.4) is 0 Å². The Bertz CT molecular complexity index is 1220. The first kappa shape index (κ1) is 24.7. The number of methoxy groups -OCH3 is 2. The Kier molecular flexibility index (Phi) is 6.73. The number of amides is 1. The molecule has 0 bridgehead atoms. The lowest BCUT2D eigenvalue weighted by atomic mass is 9.70. The molecule has 2 aliphatic heterocycles. The number of carbonyl (C=O) groups is 2. The van der Waals surface area contributed by atoms with Crippen LogP contribution in [0.1, 0.15) is 43.9 Å². The summed E-state index contributed by atoms with van der Waals surface area (Å²) in [4.78, 5) is 29.5. The summed E-state index contributed by atoms with van der Waals surface area (Å²) in [6.45, 7) is 4.72. The molecule has 0 saturated heterocycles. The van der Waals surface area contributed by atoms with Gasteiger partial charge >= 0.3 is 0 Å². The van der Waals surface area contributed by atoms with Gasteiger partial charge in [0.05, 0.1) is 31.8 Å². The second kappa shape index (κ2) is 9.81. The van der Waals surface area contributed by atoms with Crippen LogP contribution in [0.5, 0.6) is 11.5 Å². The molecule has 1 aliphatic carbocycles. The first-order chi connectivity index (χ1) is 17.3. The molecular weight excluding hydrogens is 478 g/mol. The molecule has 2 heterocycles. The van der Waals surface area contributed by atoms with Gasteiger partial charge in [-0.05, 0) is 66.5 Å². The minimum Gasteiger partial charge on any atom is -0.493 e. The number of nitrogens with zero attached hydrogens (tertiary/aromatic N) is 1. The quantitative estimate of drug-likeness (QED) is 0.522. The second-order valence-corrected chi connectivity index (χ2v) is 10.7. The number of halogens is 1. The van der Waals surface area contributed by atoms with Gasteiger partial charge in [-0.15, -0.1) is 0 Å². The predicted molar refractivity (Wildman–Crippen MR) is 137 cm³/mol. The highest BCUT2D eigenvalue weighted by molar-refractivity contribution is 6.30. The van der Waals surface area contributed by atoms with E-state index in [0.717, 1.165) is 24.0 Å². The highest BCUT2D eigenvalue weighted by Crippen LogP contribution is 2.49. The van der Waals surface area contributed by atoms with Crippen LogP contribution in [-0.2, 0) is 20.7 Å². The Morgan fingerprint density at radius 2 is 1.81 bits per heavy atom. The van der Waals surface area contributed by atoms with Crippen LogP contribution in [0.25, 0.3) is 0 Å². The van der Waals surface area contributed by atoms with Gasteiger partial charge in [-0.3, -0.25) is 9.59 Å². The van der Waals surface area contributed by atoms with E-state index in [1.165, 1.54) is 0 Å². The van der Waals surface area contributed by atoms with E-state index in [9.17, 15) is 9.59 Å². The van der Waals surface area contributed by atoms with E-state index in [1.54, 1.807) is 25.2 Å². The number of fused-ring (bicyclic) bond motifs is 1. The fraction of sp³-hybridized carbons (Fsp3) is 0.448. The second-order valence-electron chi connectivity index (χ2n) is 10.2. The number of ketones is 1. The Hall–Kier alpha value is -2.99. The molecule has 0 aromatic heterocycles. The van der Waals surface area contributed by atoms with Crippen molar-refractivity contribution in [3.63, 3.8) is 0 Å². The standard InChI is InChI=1S/C29H32ClNO5/c1-16-12-17(2)27-21(13-16)26(32)24-25(19-6-5-7-20(30)15-19)31(29(33)28(24)36-27)11-10-18-8-9-22(34-3)23(14-18)35-4/h5-9,14-17,21,25,27H,10-13H2,1-4H3. The van der Waals surface area contributed by atoms with Crippen molar-refractivity contribution in [1.29, 1.82) is 0 Å². The average molecular weight is 510 g/mol. The summed E-state index contributed by atoms with van der Waals surface area (Å²) in [5.41, 5.74) is 2.30. The van der Waals surface area contributed by atoms with Gasteiger partial charge in [0.1, 0.15) is 6.10 Å². The zero-order valence-corrected chi connectivity index (χ0v) is 21.9. The smallest absolute Gasteiger partial charge is 0.290 e. The van der Waals surface area contributed by atoms with E-state index in [-0.39, 0.29) is 35.4 Å². The molecule has 36 heavy (non-hydrogen) atoms. The molecule has 7 heteroatoms. The maximum absolute atomic E-state index is 13.9. The van der Waals surface area contributed by atoms with Crippen molar-refractivity contribution < 1.29 is 23.8 Å². The van der Waals surface area contributed by atoms with Crippen molar-refractivity contribution >= 4 is 23.3 Å². The van der Waals surface area contributed by atoms with Crippen LogP contribution in [0.2, 0.25) is 5.02 Å². The Morgan fingerprint density at radius 1 is 1.03 bits per heavy atom. The average Bonchev–Trinajstić information content (AvgIpc) is 3.15. The number of rotatable bonds is 6. The van der Waals surface area contributed by atoms with E-state index >= 15 is 0 Å². The van der Waals surface area contributed by atoms with Crippen molar-refractivity contribution in [3.8, 4) is 11.5 Å². The fourth-order valence-corrected chi connectivity index (χ4v) is 6.36. The Morgan fingerprint density at radius 3 is 2.53 bits per heavy atom. The van der Waals surface area contributed by atoms with E-state index in [4.69, 9.17) is 25.8 Å². The lowest BCUT2D eigenvalue weighted by Crippen LogP contribution is -2.45. The molecule has 5 atom stereocenters. The van der Waals surface area contributed by atoms with E-state index in [0.29, 0.717) is 41.0 Å². The topological polar surface area (TPSA) is 65.1 Å². The number of Topliss-reactive ketones (excluding diaryl/α,β-unsaturated/α-hetero) is 1. The minimum absolute atomic E-state index is 0.0478. The first-order valence-electron chi connectivity index (χ1n) is 12.5. The molecule has 0 radical (unpaired) electrons. The van der Waals surface area contributed by atoms with Gasteiger partial charge in [0, 0.05) is 11.6 Å². The molecule has 1 saturated carbocycles. The van der Waals surface area contributed by atoms with Gasteiger partial charge in [-0.2, -0.15) is 0 Å². The third-order valence-corrected chi connectivity index (χ3v) is 8.02. The van der Waals surface area contributed by atoms with Gasteiger partial charge in [0.15, 0.2) is 23.0 Å². The van der Waals surface area contributed by atoms with Crippen molar-refractivity contribution in [2.75, 3.05) is 20.8 Å². The molecule has 1 amide bonds. The van der Waals surface area contributed by atoms with Crippen LogP contribution >= 0.6 is 11.6 Å². The molecule has 0 N–H and O–H groups in total. The highest BCUT2D eigenvalue weighted by Gasteiger charge is 2.53. The molecule has 190 valence electrons. The fourth-order valence-electron chi connectivity index (χ4n) is 6.16. The molecule has 5 rings (SSSR count). The third-order valence-electron chi connectivity index (χ3n) is 7.78. The maximum atomic E-state index is 13.9. The van der Waals surface area contributed by atoms with Gasteiger partial charge in [-0.25, -0.2) is 0 Å². The lowest BCUT2D eigenvalue weighted by molar-refractivity contribution is -0.138. The highest BCUT2D eigenvalue weighted by atomic mass is 35.5. The number of hydrogen-bond acceptors (Lipinski definition) is 5. The molecular formula is C29H32ClNO5. The molecule has 1 fully saturated rings. The summed E-state index contributed by atoms with van der Waals surface area (Å²) in [5.74, 6) is 1.77. The number of ether oxygens (including phenoxy) is 3. The van der Waals surface area contributed by atoms with Crippen molar-refractivity contribution in [3.05, 3.63) is 69.9 Å². The maximum Gasteiger partial charge on any atom is 0.290 e. The summed E-state index contributed by atoms with van der Waals surface area (Å²) in [7, 11) is 3.20. The molecule has 0 spiro atoms. The zero-order chi connectivity index (χ0) is 25.6. The van der Waals surface area contributed by atoms with Crippen LogP contribution in [-0.4, -0.2) is 43.5 Å². The minimum atomic E-state index is -0.521. The van der Waals surface area contributed by atoms with Gasteiger partial charge in [0.2, 0.25) is 0 Å². The third kappa shape index (κ3) is 4.26. The number of hydrogen-bond donors (Lipinski definition) is 0. The largest absolute Gasteiger partial charge is 0.493 e. The summed E-state index contributed by atoms with van der Waals surface area (Å²) in [6.07, 6.45) is 2.11. The summed E-state index contributed by atoms with van der Waals surface area (Å²) in [5, 5.41) is 0.566. The normalized spacial score (nSPS) is 27.5. The van der Waals surface area contributed by atoms with Gasteiger partial charge in [0.25, 0.3) is 5.91 Å². The lowest BCUT2D eigenvalue weighted by Gasteiger charge is -2.41. The van der Waals surface area contributed by atoms with Crippen molar-refractivity contribution in [1.82, 2.24) is 4.90 Å². The van der Waals surface area contributed by atoms with E-state index in [2.05, 4.69) is 13.8 Å². The van der Waals surface area contributed by atoms with Crippen molar-refractivity contribution in [2.24, 2.45) is 17.8 Å².